The van der Waals surface area contributed by atoms with Crippen LogP contribution in [0.3, 0.4) is 0 Å². The molecule has 3 aromatic rings. The lowest BCUT2D eigenvalue weighted by atomic mass is 10.1. The number of hydrogen-bond donors (Lipinski definition) is 1. The lowest BCUT2D eigenvalue weighted by molar-refractivity contribution is -0.306. The Morgan fingerprint density at radius 3 is 2.56 bits per heavy atom. The predicted octanol–water partition coefficient (Wildman–Crippen LogP) is 2.84. The molecule has 0 saturated carbocycles. The van der Waals surface area contributed by atoms with Gasteiger partial charge in [0.25, 0.3) is 0 Å². The highest BCUT2D eigenvalue weighted by atomic mass is 32.2. The molecular weight excluding hydrogens is 336 g/mol. The van der Waals surface area contributed by atoms with E-state index in [1.165, 1.54) is 0 Å². The van der Waals surface area contributed by atoms with Gasteiger partial charge >= 0.3 is 0 Å². The Morgan fingerprint density at radius 2 is 1.92 bits per heavy atom. The minimum absolute atomic E-state index is 0.293. The molecule has 0 bridgehead atoms. The van der Waals surface area contributed by atoms with Crippen molar-refractivity contribution < 1.29 is 14.4 Å². The van der Waals surface area contributed by atoms with Gasteiger partial charge in [-0.3, -0.25) is 0 Å². The Bertz CT molecular complexity index is 831. The summed E-state index contributed by atoms with van der Waals surface area (Å²) in [5.41, 5.74) is 2.45. The molecular formula is C19H17N2O3S-. The van der Waals surface area contributed by atoms with Crippen LogP contribution in [-0.4, -0.2) is 23.4 Å². The number of anilines is 1. The number of carbonyl (C=O) groups is 1. The topological polar surface area (TPSA) is 78.2 Å². The third-order valence-electron chi connectivity index (χ3n) is 3.78. The van der Waals surface area contributed by atoms with Gasteiger partial charge in [-0.25, -0.2) is 0 Å². The number of nitrogens with zero attached hydrogens (tertiary/aromatic N) is 1. The number of benzene rings is 2. The van der Waals surface area contributed by atoms with Crippen LogP contribution >= 0.6 is 11.8 Å². The van der Waals surface area contributed by atoms with Crippen LogP contribution in [0.5, 0.6) is 0 Å². The van der Waals surface area contributed by atoms with Gasteiger partial charge in [0.05, 0.1) is 12.0 Å². The summed E-state index contributed by atoms with van der Waals surface area (Å²) in [5.74, 6) is -0.889. The fourth-order valence-electron chi connectivity index (χ4n) is 2.46. The summed E-state index contributed by atoms with van der Waals surface area (Å²) in [5, 5.41) is 18.3. The SMILES string of the molecule is CSc1ccc(-c2cc(N[C@@H](Cc3ccccc3)C(=O)[O-])on2)cc1. The molecule has 1 aromatic heterocycles. The van der Waals surface area contributed by atoms with Gasteiger partial charge in [-0.15, -0.1) is 11.8 Å². The maximum Gasteiger partial charge on any atom is 0.225 e. The normalized spacial score (nSPS) is 11.9. The minimum Gasteiger partial charge on any atom is -0.548 e. The number of carboxylic acids is 1. The average molecular weight is 353 g/mol. The second kappa shape index (κ2) is 7.90. The highest BCUT2D eigenvalue weighted by Gasteiger charge is 2.14. The fourth-order valence-corrected chi connectivity index (χ4v) is 2.86. The van der Waals surface area contributed by atoms with Gasteiger partial charge in [0.15, 0.2) is 0 Å². The molecule has 5 nitrogen and oxygen atoms in total. The summed E-state index contributed by atoms with van der Waals surface area (Å²) in [6, 6.07) is 18.1. The zero-order valence-electron chi connectivity index (χ0n) is 13.6. The quantitative estimate of drug-likeness (QED) is 0.658. The zero-order chi connectivity index (χ0) is 17.6. The lowest BCUT2D eigenvalue weighted by Gasteiger charge is -2.18. The molecule has 0 fully saturated rings. The second-order valence-electron chi connectivity index (χ2n) is 5.51. The maximum absolute atomic E-state index is 11.4. The van der Waals surface area contributed by atoms with Crippen LogP contribution < -0.4 is 10.4 Å². The molecule has 0 aliphatic rings. The Labute approximate surface area is 150 Å². The summed E-state index contributed by atoms with van der Waals surface area (Å²) in [6.07, 6.45) is 2.31. The maximum atomic E-state index is 11.4. The summed E-state index contributed by atoms with van der Waals surface area (Å²) in [4.78, 5) is 12.6. The molecule has 0 aliphatic carbocycles. The summed E-state index contributed by atoms with van der Waals surface area (Å²) < 4.78 is 5.24. The van der Waals surface area contributed by atoms with Gasteiger partial charge in [0.1, 0.15) is 5.69 Å². The van der Waals surface area contributed by atoms with Gasteiger partial charge in [-0.05, 0) is 30.4 Å². The number of carbonyl (C=O) groups excluding carboxylic acids is 1. The Balaban J connectivity index is 1.72. The standard InChI is InChI=1S/C19H18N2O3S/c1-25-15-9-7-14(8-10-15)16-12-18(24-21-16)20-17(19(22)23)11-13-5-3-2-4-6-13/h2-10,12,17,20H,11H2,1H3,(H,22,23)/p-1/t17-/m0/s1. The van der Waals surface area contributed by atoms with Crippen molar-refractivity contribution in [3.63, 3.8) is 0 Å². The molecule has 2 aromatic carbocycles. The van der Waals surface area contributed by atoms with Crippen molar-refractivity contribution in [1.29, 1.82) is 0 Å². The predicted molar refractivity (Wildman–Crippen MR) is 96.3 cm³/mol. The first-order valence-corrected chi connectivity index (χ1v) is 9.00. The van der Waals surface area contributed by atoms with Crippen LogP contribution in [0.4, 0.5) is 5.88 Å². The van der Waals surface area contributed by atoms with Gasteiger partial charge in [-0.2, -0.15) is 0 Å². The van der Waals surface area contributed by atoms with Gasteiger partial charge in [0, 0.05) is 16.5 Å². The largest absolute Gasteiger partial charge is 0.548 e. The molecule has 3 rings (SSSR count). The summed E-state index contributed by atoms with van der Waals surface area (Å²) >= 11 is 1.66. The van der Waals surface area contributed by atoms with Gasteiger partial charge in [0.2, 0.25) is 5.88 Å². The number of carboxylic acid groups (broad SMARTS) is 1. The molecule has 6 heteroatoms. The Kier molecular flexibility index (Phi) is 5.40. The number of aliphatic carboxylic acids is 1. The van der Waals surface area contributed by atoms with E-state index >= 15 is 0 Å². The van der Waals surface area contributed by atoms with Crippen molar-refractivity contribution in [2.45, 2.75) is 17.4 Å². The second-order valence-corrected chi connectivity index (χ2v) is 6.39. The highest BCUT2D eigenvalue weighted by Crippen LogP contribution is 2.25. The van der Waals surface area contributed by atoms with E-state index in [-0.39, 0.29) is 0 Å². The third kappa shape index (κ3) is 4.42. The lowest BCUT2D eigenvalue weighted by Crippen LogP contribution is -2.42. The van der Waals surface area contributed by atoms with E-state index in [2.05, 4.69) is 10.5 Å². The molecule has 0 saturated heterocycles. The van der Waals surface area contributed by atoms with E-state index < -0.39 is 12.0 Å². The number of thioether (sulfide) groups is 1. The van der Waals surface area contributed by atoms with Crippen LogP contribution in [0.1, 0.15) is 5.56 Å². The molecule has 1 atom stereocenters. The molecule has 0 amide bonds. The minimum atomic E-state index is -1.19. The van der Waals surface area contributed by atoms with Crippen molar-refractivity contribution in [3.05, 3.63) is 66.2 Å². The number of hydrogen-bond acceptors (Lipinski definition) is 6. The van der Waals surface area contributed by atoms with E-state index in [4.69, 9.17) is 4.52 Å². The first-order chi connectivity index (χ1) is 12.2. The smallest absolute Gasteiger partial charge is 0.225 e. The van der Waals surface area contributed by atoms with Crippen molar-refractivity contribution in [1.82, 2.24) is 5.16 Å². The van der Waals surface area contributed by atoms with Crippen LogP contribution in [0.2, 0.25) is 0 Å². The molecule has 128 valence electrons. The first-order valence-electron chi connectivity index (χ1n) is 7.78. The van der Waals surface area contributed by atoms with Crippen LogP contribution in [-0.2, 0) is 11.2 Å². The Hall–Kier alpha value is -2.73. The van der Waals surface area contributed by atoms with Crippen molar-refractivity contribution in [3.8, 4) is 11.3 Å². The van der Waals surface area contributed by atoms with Crippen molar-refractivity contribution in [2.75, 3.05) is 11.6 Å². The first kappa shape index (κ1) is 17.1. The van der Waals surface area contributed by atoms with Crippen molar-refractivity contribution in [2.24, 2.45) is 0 Å². The van der Waals surface area contributed by atoms with E-state index in [1.807, 2.05) is 60.9 Å². The van der Waals surface area contributed by atoms with E-state index in [9.17, 15) is 9.90 Å². The molecule has 0 spiro atoms. The molecule has 1 heterocycles. The average Bonchev–Trinajstić information content (AvgIpc) is 3.10. The van der Waals surface area contributed by atoms with Gasteiger partial charge in [-0.1, -0.05) is 47.6 Å². The van der Waals surface area contributed by atoms with Gasteiger partial charge < -0.3 is 19.7 Å². The van der Waals surface area contributed by atoms with E-state index in [0.29, 0.717) is 18.0 Å². The monoisotopic (exact) mass is 353 g/mol. The van der Waals surface area contributed by atoms with E-state index in [1.54, 1.807) is 17.8 Å². The Morgan fingerprint density at radius 1 is 1.20 bits per heavy atom. The summed E-state index contributed by atoms with van der Waals surface area (Å²) in [6.45, 7) is 0. The molecule has 0 unspecified atom stereocenters. The van der Waals surface area contributed by atoms with Crippen LogP contribution in [0.15, 0.2) is 70.1 Å². The number of aromatic nitrogens is 1. The third-order valence-corrected chi connectivity index (χ3v) is 4.52. The number of nitrogens with one attached hydrogen (secondary N) is 1. The molecule has 0 radical (unpaired) electrons. The molecule has 25 heavy (non-hydrogen) atoms. The number of rotatable bonds is 7. The molecule has 0 aliphatic heterocycles. The fraction of sp³-hybridized carbons (Fsp3) is 0.158. The zero-order valence-corrected chi connectivity index (χ0v) is 14.5. The highest BCUT2D eigenvalue weighted by molar-refractivity contribution is 7.98. The summed E-state index contributed by atoms with van der Waals surface area (Å²) in [7, 11) is 0. The molecule has 1 N–H and O–H groups in total. The van der Waals surface area contributed by atoms with Crippen LogP contribution in [0, 0.1) is 0 Å². The van der Waals surface area contributed by atoms with Crippen molar-refractivity contribution >= 4 is 23.6 Å². The van der Waals surface area contributed by atoms with Crippen LogP contribution in [0.25, 0.3) is 11.3 Å². The van der Waals surface area contributed by atoms with E-state index in [0.717, 1.165) is 16.0 Å².